The molecule has 0 saturated carbocycles. The molecule has 0 aromatic heterocycles. The van der Waals surface area contributed by atoms with Crippen LogP contribution in [0.4, 0.5) is 0 Å². The minimum absolute atomic E-state index is 0.109. The number of Topliss-reactive ketones (excluding diaryl/α,β-unsaturated/α-hetero) is 1. The minimum Gasteiger partial charge on any atom is -0.507 e. The molecule has 2 aromatic carbocycles. The fourth-order valence-corrected chi connectivity index (χ4v) is 4.07. The molecule has 1 heterocycles. The molecule has 2 aromatic rings. The van der Waals surface area contributed by atoms with Crippen LogP contribution in [0.2, 0.25) is 0 Å². The van der Waals surface area contributed by atoms with Crippen molar-refractivity contribution >= 4 is 17.4 Å². The molecule has 6 nitrogen and oxygen atoms in total. The van der Waals surface area contributed by atoms with E-state index in [9.17, 15) is 14.7 Å². The number of ketones is 1. The predicted octanol–water partition coefficient (Wildman–Crippen LogP) is 5.88. The number of aliphatic hydroxyl groups excluding tert-OH is 1. The van der Waals surface area contributed by atoms with Crippen LogP contribution < -0.4 is 9.47 Å². The number of unbranched alkanes of at least 4 members (excludes halogenated alkanes) is 2. The summed E-state index contributed by atoms with van der Waals surface area (Å²) in [6.07, 6.45) is 4.84. The van der Waals surface area contributed by atoms with E-state index in [4.69, 9.17) is 9.47 Å². The molecule has 0 aliphatic carbocycles. The second-order valence-corrected chi connectivity index (χ2v) is 8.49. The topological polar surface area (TPSA) is 76.1 Å². The van der Waals surface area contributed by atoms with Gasteiger partial charge in [0.1, 0.15) is 17.3 Å². The third-order valence-corrected chi connectivity index (χ3v) is 5.82. The third-order valence-electron chi connectivity index (χ3n) is 5.82. The van der Waals surface area contributed by atoms with E-state index in [0.717, 1.165) is 37.0 Å². The van der Waals surface area contributed by atoms with Crippen LogP contribution in [0.3, 0.4) is 0 Å². The van der Waals surface area contributed by atoms with Gasteiger partial charge in [-0.2, -0.15) is 0 Å². The first-order valence-electron chi connectivity index (χ1n) is 12.3. The quantitative estimate of drug-likeness (QED) is 0.183. The summed E-state index contributed by atoms with van der Waals surface area (Å²) in [6.45, 7) is 7.81. The fraction of sp³-hybridized carbons (Fsp3) is 0.429. The number of amides is 1. The molecule has 34 heavy (non-hydrogen) atoms. The lowest BCUT2D eigenvalue weighted by Crippen LogP contribution is -2.30. The number of ether oxygens (including phenoxy) is 2. The molecule has 1 N–H and O–H groups in total. The van der Waals surface area contributed by atoms with E-state index < -0.39 is 17.7 Å². The van der Waals surface area contributed by atoms with Crippen molar-refractivity contribution in [1.82, 2.24) is 4.90 Å². The van der Waals surface area contributed by atoms with E-state index in [1.807, 2.05) is 38.1 Å². The fourth-order valence-electron chi connectivity index (χ4n) is 4.07. The van der Waals surface area contributed by atoms with Gasteiger partial charge < -0.3 is 19.5 Å². The number of aliphatic hydroxyl groups is 1. The molecule has 1 unspecified atom stereocenters. The highest BCUT2D eigenvalue weighted by molar-refractivity contribution is 6.46. The van der Waals surface area contributed by atoms with Crippen LogP contribution in [-0.4, -0.2) is 41.5 Å². The summed E-state index contributed by atoms with van der Waals surface area (Å²) in [5, 5.41) is 11.1. The summed E-state index contributed by atoms with van der Waals surface area (Å²) in [6, 6.07) is 13.7. The van der Waals surface area contributed by atoms with Gasteiger partial charge in [0.05, 0.1) is 24.8 Å². The molecule has 182 valence electrons. The van der Waals surface area contributed by atoms with Gasteiger partial charge in [0, 0.05) is 12.1 Å². The van der Waals surface area contributed by atoms with Crippen molar-refractivity contribution in [3.63, 3.8) is 0 Å². The molecule has 1 amide bonds. The first-order chi connectivity index (χ1) is 16.5. The molecular formula is C28H35NO5. The largest absolute Gasteiger partial charge is 0.507 e. The Kier molecular flexibility index (Phi) is 9.14. The number of likely N-dealkylation sites (tertiary alicyclic amines) is 1. The molecule has 0 radical (unpaired) electrons. The standard InChI is InChI=1S/C28H35NO5/c1-4-7-8-19-34-23-13-9-20(10-14-23)25-24(27(31)28(32)29(25)17-5-2)26(30)21-11-15-22(16-12-21)33-18-6-3/h9-16,25,30H,4-8,17-19H2,1-3H3/b26-24-. The summed E-state index contributed by atoms with van der Waals surface area (Å²) in [4.78, 5) is 27.4. The van der Waals surface area contributed by atoms with E-state index in [0.29, 0.717) is 37.5 Å². The molecule has 1 atom stereocenters. The van der Waals surface area contributed by atoms with Crippen molar-refractivity contribution in [3.8, 4) is 11.5 Å². The van der Waals surface area contributed by atoms with Crippen LogP contribution in [0.15, 0.2) is 54.1 Å². The van der Waals surface area contributed by atoms with Gasteiger partial charge in [0.15, 0.2) is 0 Å². The number of nitrogens with zero attached hydrogens (tertiary/aromatic N) is 1. The van der Waals surface area contributed by atoms with Gasteiger partial charge in [-0.15, -0.1) is 0 Å². The second-order valence-electron chi connectivity index (χ2n) is 8.49. The molecular weight excluding hydrogens is 430 g/mol. The zero-order valence-electron chi connectivity index (χ0n) is 20.4. The lowest BCUT2D eigenvalue weighted by atomic mass is 9.95. The van der Waals surface area contributed by atoms with Gasteiger partial charge in [-0.25, -0.2) is 0 Å². The summed E-state index contributed by atoms with van der Waals surface area (Å²) in [5.41, 5.74) is 1.34. The van der Waals surface area contributed by atoms with Gasteiger partial charge in [0.25, 0.3) is 11.7 Å². The van der Waals surface area contributed by atoms with Crippen LogP contribution in [0.25, 0.3) is 5.76 Å². The molecule has 1 aliphatic rings. The maximum atomic E-state index is 13.0. The first kappa shape index (κ1) is 25.3. The highest BCUT2D eigenvalue weighted by Crippen LogP contribution is 2.40. The maximum absolute atomic E-state index is 13.0. The monoisotopic (exact) mass is 465 g/mol. The zero-order chi connectivity index (χ0) is 24.5. The van der Waals surface area contributed by atoms with E-state index in [2.05, 4.69) is 6.92 Å². The summed E-state index contributed by atoms with van der Waals surface area (Å²) < 4.78 is 11.4. The highest BCUT2D eigenvalue weighted by atomic mass is 16.5. The third kappa shape index (κ3) is 5.79. The normalized spacial score (nSPS) is 17.3. The van der Waals surface area contributed by atoms with Crippen LogP contribution in [0.1, 0.15) is 70.0 Å². The molecule has 0 spiro atoms. The van der Waals surface area contributed by atoms with Crippen molar-refractivity contribution in [2.24, 2.45) is 0 Å². The summed E-state index contributed by atoms with van der Waals surface area (Å²) >= 11 is 0. The Morgan fingerprint density at radius 1 is 0.824 bits per heavy atom. The summed E-state index contributed by atoms with van der Waals surface area (Å²) in [5.74, 6) is 0.00750. The average Bonchev–Trinajstić information content (AvgIpc) is 3.11. The Morgan fingerprint density at radius 3 is 2.03 bits per heavy atom. The van der Waals surface area contributed by atoms with Gasteiger partial charge in [-0.1, -0.05) is 45.7 Å². The van der Waals surface area contributed by atoms with E-state index in [1.165, 1.54) is 0 Å². The summed E-state index contributed by atoms with van der Waals surface area (Å²) in [7, 11) is 0. The van der Waals surface area contributed by atoms with Crippen molar-refractivity contribution in [1.29, 1.82) is 0 Å². The molecule has 1 saturated heterocycles. The lowest BCUT2D eigenvalue weighted by Gasteiger charge is -2.25. The van der Waals surface area contributed by atoms with Crippen LogP contribution in [0.5, 0.6) is 11.5 Å². The number of hydrogen-bond donors (Lipinski definition) is 1. The van der Waals surface area contributed by atoms with Gasteiger partial charge in [-0.05, 0) is 61.2 Å². The number of carbonyl (C=O) groups excluding carboxylic acids is 2. The first-order valence-corrected chi connectivity index (χ1v) is 12.3. The van der Waals surface area contributed by atoms with E-state index >= 15 is 0 Å². The number of rotatable bonds is 12. The Morgan fingerprint density at radius 2 is 1.44 bits per heavy atom. The molecule has 1 fully saturated rings. The number of hydrogen-bond acceptors (Lipinski definition) is 5. The van der Waals surface area contributed by atoms with Crippen LogP contribution in [0, 0.1) is 0 Å². The zero-order valence-corrected chi connectivity index (χ0v) is 20.4. The minimum atomic E-state index is -0.665. The van der Waals surface area contributed by atoms with Crippen molar-refractivity contribution in [2.45, 2.75) is 58.9 Å². The lowest BCUT2D eigenvalue weighted by molar-refractivity contribution is -0.139. The second kappa shape index (κ2) is 12.3. The van der Waals surface area contributed by atoms with Gasteiger partial charge in [-0.3, -0.25) is 9.59 Å². The Hall–Kier alpha value is -3.28. The average molecular weight is 466 g/mol. The number of benzene rings is 2. The Bertz CT molecular complexity index is 994. The van der Waals surface area contributed by atoms with Gasteiger partial charge >= 0.3 is 0 Å². The molecule has 6 heteroatoms. The van der Waals surface area contributed by atoms with E-state index in [1.54, 1.807) is 29.2 Å². The van der Waals surface area contributed by atoms with Gasteiger partial charge in [0.2, 0.25) is 0 Å². The van der Waals surface area contributed by atoms with Crippen LogP contribution in [-0.2, 0) is 9.59 Å². The molecule has 1 aliphatic heterocycles. The molecule has 3 rings (SSSR count). The Labute approximate surface area is 202 Å². The Balaban J connectivity index is 1.93. The SMILES string of the molecule is CCCCCOc1ccc(C2/C(=C(/O)c3ccc(OCCC)cc3)C(=O)C(=O)N2CCC)cc1. The highest BCUT2D eigenvalue weighted by Gasteiger charge is 2.45. The van der Waals surface area contributed by atoms with Crippen molar-refractivity contribution in [3.05, 3.63) is 65.2 Å². The number of carbonyl (C=O) groups is 2. The van der Waals surface area contributed by atoms with E-state index in [-0.39, 0.29) is 11.3 Å². The molecule has 0 bridgehead atoms. The predicted molar refractivity (Wildman–Crippen MR) is 133 cm³/mol. The van der Waals surface area contributed by atoms with Crippen molar-refractivity contribution in [2.75, 3.05) is 19.8 Å². The smallest absolute Gasteiger partial charge is 0.295 e. The van der Waals surface area contributed by atoms with Crippen LogP contribution >= 0.6 is 0 Å². The van der Waals surface area contributed by atoms with Crippen molar-refractivity contribution < 1.29 is 24.2 Å². The maximum Gasteiger partial charge on any atom is 0.295 e.